The molecule has 0 aliphatic carbocycles. The molecule has 2 N–H and O–H groups in total. The topological polar surface area (TPSA) is 128 Å². The summed E-state index contributed by atoms with van der Waals surface area (Å²) in [5.41, 5.74) is 0.687. The molecule has 10 heteroatoms. The van der Waals surface area contributed by atoms with Gasteiger partial charge in [-0.15, -0.1) is 0 Å². The third-order valence-electron chi connectivity index (χ3n) is 4.58. The average Bonchev–Trinajstić information content (AvgIpc) is 3.21. The number of nitrogens with zero attached hydrogens (tertiary/aromatic N) is 1. The van der Waals surface area contributed by atoms with Crippen LogP contribution in [0.3, 0.4) is 0 Å². The second kappa shape index (κ2) is 8.68. The number of rotatable bonds is 7. The first-order chi connectivity index (χ1) is 13.8. The van der Waals surface area contributed by atoms with Crippen LogP contribution < -0.4 is 10.0 Å². The lowest BCUT2D eigenvalue weighted by atomic mass is 10.1. The number of sulfonamides is 1. The summed E-state index contributed by atoms with van der Waals surface area (Å²) < 4.78 is 33.4. The molecular formula is C19H21N3O6S. The van der Waals surface area contributed by atoms with Crippen molar-refractivity contribution in [2.45, 2.75) is 30.8 Å². The number of benzene rings is 2. The normalized spacial score (nSPS) is 16.5. The third-order valence-corrected chi connectivity index (χ3v) is 6.15. The van der Waals surface area contributed by atoms with Gasteiger partial charge in [-0.1, -0.05) is 12.1 Å². The Morgan fingerprint density at radius 2 is 2.07 bits per heavy atom. The number of amides is 1. The van der Waals surface area contributed by atoms with Gasteiger partial charge in [-0.3, -0.25) is 14.9 Å². The molecule has 29 heavy (non-hydrogen) atoms. The number of aryl methyl sites for hydroxylation is 1. The Hall–Kier alpha value is -2.82. The van der Waals surface area contributed by atoms with Crippen molar-refractivity contribution in [1.82, 2.24) is 4.72 Å². The van der Waals surface area contributed by atoms with Crippen LogP contribution in [0.5, 0.6) is 0 Å². The number of nitro benzene ring substituents is 1. The van der Waals surface area contributed by atoms with E-state index in [0.29, 0.717) is 12.2 Å². The van der Waals surface area contributed by atoms with Crippen LogP contribution >= 0.6 is 0 Å². The van der Waals surface area contributed by atoms with Crippen LogP contribution in [0, 0.1) is 17.0 Å². The first-order valence-electron chi connectivity index (χ1n) is 9.04. The summed E-state index contributed by atoms with van der Waals surface area (Å²) in [6.45, 7) is 2.48. The van der Waals surface area contributed by atoms with E-state index in [1.165, 1.54) is 24.3 Å². The molecule has 0 radical (unpaired) electrons. The van der Waals surface area contributed by atoms with Crippen LogP contribution in [0.4, 0.5) is 11.4 Å². The summed E-state index contributed by atoms with van der Waals surface area (Å²) in [7, 11) is -3.79. The number of carbonyl (C=O) groups excluding carboxylic acids is 1. The lowest BCUT2D eigenvalue weighted by Crippen LogP contribution is -2.32. The lowest BCUT2D eigenvalue weighted by molar-refractivity contribution is -0.384. The SMILES string of the molecule is Cc1ccc(NC(=O)c2cccc([N+](=O)[O-])c2)cc1S(=O)(=O)NC[C@H]1CCCO1. The quantitative estimate of drug-likeness (QED) is 0.524. The molecule has 0 spiro atoms. The predicted octanol–water partition coefficient (Wildman–Crippen LogP) is 2.61. The number of nitro groups is 1. The van der Waals surface area contributed by atoms with Crippen LogP contribution in [0.25, 0.3) is 0 Å². The molecule has 0 bridgehead atoms. The van der Waals surface area contributed by atoms with Gasteiger partial charge in [0.2, 0.25) is 10.0 Å². The molecule has 0 unspecified atom stereocenters. The van der Waals surface area contributed by atoms with Gasteiger partial charge < -0.3 is 10.1 Å². The molecule has 0 aromatic heterocycles. The van der Waals surface area contributed by atoms with Gasteiger partial charge >= 0.3 is 0 Å². The van der Waals surface area contributed by atoms with Crippen LogP contribution in [-0.4, -0.2) is 38.5 Å². The Kier molecular flexibility index (Phi) is 6.26. The minimum Gasteiger partial charge on any atom is -0.377 e. The fourth-order valence-electron chi connectivity index (χ4n) is 3.02. The van der Waals surface area contributed by atoms with Crippen LogP contribution in [-0.2, 0) is 14.8 Å². The smallest absolute Gasteiger partial charge is 0.270 e. The fourth-order valence-corrected chi connectivity index (χ4v) is 4.35. The van der Waals surface area contributed by atoms with E-state index >= 15 is 0 Å². The Morgan fingerprint density at radius 1 is 1.28 bits per heavy atom. The van der Waals surface area contributed by atoms with Crippen LogP contribution in [0.2, 0.25) is 0 Å². The molecule has 1 heterocycles. The molecule has 1 aliphatic rings. The van der Waals surface area contributed by atoms with Crippen molar-refractivity contribution in [1.29, 1.82) is 0 Å². The van der Waals surface area contributed by atoms with Gasteiger partial charge in [0.1, 0.15) is 0 Å². The van der Waals surface area contributed by atoms with E-state index in [0.717, 1.165) is 18.9 Å². The Bertz CT molecular complexity index is 1030. The van der Waals surface area contributed by atoms with Gasteiger partial charge in [-0.25, -0.2) is 13.1 Å². The highest BCUT2D eigenvalue weighted by molar-refractivity contribution is 7.89. The van der Waals surface area contributed by atoms with Gasteiger partial charge in [-0.2, -0.15) is 0 Å². The highest BCUT2D eigenvalue weighted by atomic mass is 32.2. The summed E-state index contributed by atoms with van der Waals surface area (Å²) in [4.78, 5) is 22.8. The highest BCUT2D eigenvalue weighted by Crippen LogP contribution is 2.22. The Balaban J connectivity index is 1.76. The van der Waals surface area contributed by atoms with Crippen molar-refractivity contribution in [3.8, 4) is 0 Å². The molecule has 3 rings (SSSR count). The molecule has 2 aromatic rings. The number of nitrogens with one attached hydrogen (secondary N) is 2. The standard InChI is InChI=1S/C19H21N3O6S/c1-13-7-8-15(21-19(23)14-4-2-5-16(10-14)22(24)25)11-18(13)29(26,27)20-12-17-6-3-9-28-17/h2,4-5,7-8,10-11,17,20H,3,6,9,12H2,1H3,(H,21,23)/t17-/m1/s1. The van der Waals surface area contributed by atoms with E-state index in [1.807, 2.05) is 0 Å². The number of ether oxygens (including phenoxy) is 1. The van der Waals surface area contributed by atoms with Crippen molar-refractivity contribution < 1.29 is 22.9 Å². The van der Waals surface area contributed by atoms with Gasteiger partial charge in [0.15, 0.2) is 0 Å². The molecule has 1 saturated heterocycles. The van der Waals surface area contributed by atoms with Crippen molar-refractivity contribution in [3.63, 3.8) is 0 Å². The third kappa shape index (κ3) is 5.17. The molecular weight excluding hydrogens is 398 g/mol. The molecule has 154 valence electrons. The predicted molar refractivity (Wildman–Crippen MR) is 106 cm³/mol. The minimum absolute atomic E-state index is 0.0485. The molecule has 9 nitrogen and oxygen atoms in total. The maximum atomic E-state index is 12.7. The summed E-state index contributed by atoms with van der Waals surface area (Å²) in [5, 5.41) is 13.5. The largest absolute Gasteiger partial charge is 0.377 e. The van der Waals surface area contributed by atoms with Gasteiger partial charge in [0, 0.05) is 36.5 Å². The first kappa shape index (κ1) is 20.9. The molecule has 1 amide bonds. The van der Waals surface area contributed by atoms with E-state index in [2.05, 4.69) is 10.0 Å². The number of hydrogen-bond donors (Lipinski definition) is 2. The minimum atomic E-state index is -3.79. The zero-order valence-electron chi connectivity index (χ0n) is 15.8. The zero-order valence-corrected chi connectivity index (χ0v) is 16.6. The second-order valence-corrected chi connectivity index (χ2v) is 8.46. The number of hydrogen-bond acceptors (Lipinski definition) is 6. The van der Waals surface area contributed by atoms with Crippen LogP contribution in [0.1, 0.15) is 28.8 Å². The van der Waals surface area contributed by atoms with Gasteiger partial charge in [0.25, 0.3) is 11.6 Å². The lowest BCUT2D eigenvalue weighted by Gasteiger charge is -2.14. The number of carbonyl (C=O) groups is 1. The summed E-state index contributed by atoms with van der Waals surface area (Å²) in [6, 6.07) is 9.82. The zero-order chi connectivity index (χ0) is 21.0. The Morgan fingerprint density at radius 3 is 2.76 bits per heavy atom. The van der Waals surface area contributed by atoms with E-state index < -0.39 is 20.9 Å². The monoisotopic (exact) mass is 419 g/mol. The number of non-ortho nitro benzene ring substituents is 1. The van der Waals surface area contributed by atoms with Crippen molar-refractivity contribution in [2.75, 3.05) is 18.5 Å². The summed E-state index contributed by atoms with van der Waals surface area (Å²) in [5.74, 6) is -0.576. The van der Waals surface area contributed by atoms with Crippen molar-refractivity contribution in [2.24, 2.45) is 0 Å². The van der Waals surface area contributed by atoms with E-state index in [9.17, 15) is 23.3 Å². The molecule has 0 saturated carbocycles. The van der Waals surface area contributed by atoms with Gasteiger partial charge in [0.05, 0.1) is 15.9 Å². The fraction of sp³-hybridized carbons (Fsp3) is 0.316. The molecule has 1 fully saturated rings. The maximum Gasteiger partial charge on any atom is 0.270 e. The Labute approximate surface area is 168 Å². The second-order valence-electron chi connectivity index (χ2n) is 6.73. The average molecular weight is 419 g/mol. The number of anilines is 1. The summed E-state index contributed by atoms with van der Waals surface area (Å²) >= 11 is 0. The van der Waals surface area contributed by atoms with E-state index in [4.69, 9.17) is 4.74 Å². The molecule has 1 aliphatic heterocycles. The van der Waals surface area contributed by atoms with E-state index in [-0.39, 0.29) is 34.5 Å². The van der Waals surface area contributed by atoms with E-state index in [1.54, 1.807) is 19.1 Å². The summed E-state index contributed by atoms with van der Waals surface area (Å²) in [6.07, 6.45) is 1.58. The van der Waals surface area contributed by atoms with Crippen molar-refractivity contribution in [3.05, 3.63) is 63.7 Å². The molecule has 2 aromatic carbocycles. The molecule has 1 atom stereocenters. The van der Waals surface area contributed by atoms with Crippen molar-refractivity contribution >= 4 is 27.3 Å². The highest BCUT2D eigenvalue weighted by Gasteiger charge is 2.22. The first-order valence-corrected chi connectivity index (χ1v) is 10.5. The maximum absolute atomic E-state index is 12.7. The van der Waals surface area contributed by atoms with Crippen LogP contribution in [0.15, 0.2) is 47.4 Å². The van der Waals surface area contributed by atoms with Gasteiger partial charge in [-0.05, 0) is 43.5 Å².